The average Bonchev–Trinajstić information content (AvgIpc) is 2.43. The number of halogens is 4. The van der Waals surface area contributed by atoms with Gasteiger partial charge in [-0.1, -0.05) is 22.0 Å². The molecule has 0 amide bonds. The highest BCUT2D eigenvalue weighted by Gasteiger charge is 2.23. The van der Waals surface area contributed by atoms with Crippen molar-refractivity contribution in [3.63, 3.8) is 0 Å². The molecule has 2 aromatic rings. The van der Waals surface area contributed by atoms with Crippen LogP contribution < -0.4 is 10.1 Å². The smallest absolute Gasteiger partial charge is 0.134 e. The van der Waals surface area contributed by atoms with Crippen molar-refractivity contribution >= 4 is 15.9 Å². The van der Waals surface area contributed by atoms with Crippen molar-refractivity contribution in [3.8, 4) is 5.75 Å². The Kier molecular flexibility index (Phi) is 4.90. The summed E-state index contributed by atoms with van der Waals surface area (Å²) < 4.78 is 46.8. The van der Waals surface area contributed by atoms with Gasteiger partial charge in [0.05, 0.1) is 13.2 Å². The van der Waals surface area contributed by atoms with Crippen LogP contribution in [0.3, 0.4) is 0 Å². The van der Waals surface area contributed by atoms with Gasteiger partial charge in [-0.2, -0.15) is 0 Å². The van der Waals surface area contributed by atoms with Crippen molar-refractivity contribution < 1.29 is 17.9 Å². The lowest BCUT2D eigenvalue weighted by Gasteiger charge is -2.20. The first-order chi connectivity index (χ1) is 9.97. The van der Waals surface area contributed by atoms with Crippen molar-refractivity contribution in [1.82, 2.24) is 5.32 Å². The predicted octanol–water partition coefficient (Wildman–Crippen LogP) is 4.18. The molecule has 0 saturated carbocycles. The lowest BCUT2D eigenvalue weighted by molar-refractivity contribution is 0.403. The van der Waals surface area contributed by atoms with Crippen molar-refractivity contribution in [1.29, 1.82) is 0 Å². The zero-order chi connectivity index (χ0) is 15.6. The van der Waals surface area contributed by atoms with Gasteiger partial charge in [0, 0.05) is 22.2 Å². The molecule has 21 heavy (non-hydrogen) atoms. The first-order valence-electron chi connectivity index (χ1n) is 6.13. The van der Waals surface area contributed by atoms with Crippen LogP contribution in [0, 0.1) is 17.5 Å². The fourth-order valence-electron chi connectivity index (χ4n) is 2.15. The quantitative estimate of drug-likeness (QED) is 0.883. The minimum Gasteiger partial charge on any atom is -0.497 e. The van der Waals surface area contributed by atoms with Crippen molar-refractivity contribution in [3.05, 3.63) is 63.4 Å². The minimum absolute atomic E-state index is 0.0989. The highest BCUT2D eigenvalue weighted by atomic mass is 79.9. The molecule has 0 aliphatic heterocycles. The van der Waals surface area contributed by atoms with Gasteiger partial charge in [0.2, 0.25) is 0 Å². The van der Waals surface area contributed by atoms with Gasteiger partial charge < -0.3 is 10.1 Å². The van der Waals surface area contributed by atoms with E-state index in [2.05, 4.69) is 21.2 Å². The zero-order valence-corrected chi connectivity index (χ0v) is 13.0. The van der Waals surface area contributed by atoms with Crippen molar-refractivity contribution in [2.24, 2.45) is 0 Å². The molecule has 112 valence electrons. The molecule has 0 spiro atoms. The van der Waals surface area contributed by atoms with Crippen LogP contribution in [0.4, 0.5) is 13.2 Å². The summed E-state index contributed by atoms with van der Waals surface area (Å²) in [6.45, 7) is 0. The Balaban J connectivity index is 2.56. The molecule has 0 saturated heterocycles. The summed E-state index contributed by atoms with van der Waals surface area (Å²) in [7, 11) is 2.91. The van der Waals surface area contributed by atoms with Crippen molar-refractivity contribution in [2.75, 3.05) is 14.2 Å². The second kappa shape index (κ2) is 6.49. The Bertz CT molecular complexity index is 640. The molecule has 0 aliphatic rings. The molecule has 0 aliphatic carbocycles. The van der Waals surface area contributed by atoms with Crippen LogP contribution in [0.25, 0.3) is 0 Å². The van der Waals surface area contributed by atoms with E-state index in [4.69, 9.17) is 4.74 Å². The summed E-state index contributed by atoms with van der Waals surface area (Å²) in [5.41, 5.74) is 0.382. The molecule has 2 aromatic carbocycles. The monoisotopic (exact) mass is 359 g/mol. The Labute approximate surface area is 129 Å². The summed E-state index contributed by atoms with van der Waals surface area (Å²) in [6, 6.07) is 5.43. The number of nitrogens with one attached hydrogen (secondary N) is 1. The van der Waals surface area contributed by atoms with E-state index in [9.17, 15) is 13.2 Å². The molecule has 1 atom stereocenters. The molecule has 0 heterocycles. The first-order valence-corrected chi connectivity index (χ1v) is 6.92. The van der Waals surface area contributed by atoms with Crippen LogP contribution in [-0.2, 0) is 0 Å². The molecule has 6 heteroatoms. The Morgan fingerprint density at radius 2 is 1.71 bits per heavy atom. The Hall–Kier alpha value is -1.53. The van der Waals surface area contributed by atoms with Crippen LogP contribution >= 0.6 is 15.9 Å². The highest BCUT2D eigenvalue weighted by Crippen LogP contribution is 2.33. The van der Waals surface area contributed by atoms with Crippen LogP contribution in [0.5, 0.6) is 5.75 Å². The maximum atomic E-state index is 14.2. The zero-order valence-electron chi connectivity index (χ0n) is 11.4. The van der Waals surface area contributed by atoms with Crippen LogP contribution in [-0.4, -0.2) is 14.2 Å². The van der Waals surface area contributed by atoms with E-state index < -0.39 is 23.5 Å². The average molecular weight is 360 g/mol. The largest absolute Gasteiger partial charge is 0.497 e. The summed E-state index contributed by atoms with van der Waals surface area (Å²) in [5, 5.41) is 2.84. The van der Waals surface area contributed by atoms with E-state index in [1.165, 1.54) is 25.3 Å². The fraction of sp³-hybridized carbons (Fsp3) is 0.200. The molecule has 1 N–H and O–H groups in total. The van der Waals surface area contributed by atoms with Gasteiger partial charge in [-0.05, 0) is 24.7 Å². The molecule has 0 radical (unpaired) electrons. The maximum absolute atomic E-state index is 14.2. The van der Waals surface area contributed by atoms with Crippen LogP contribution in [0.1, 0.15) is 17.2 Å². The number of rotatable bonds is 4. The number of methoxy groups -OCH3 is 1. The lowest BCUT2D eigenvalue weighted by Crippen LogP contribution is -2.21. The van der Waals surface area contributed by atoms with Gasteiger partial charge in [0.1, 0.15) is 23.2 Å². The predicted molar refractivity (Wildman–Crippen MR) is 77.9 cm³/mol. The molecular weight excluding hydrogens is 347 g/mol. The molecule has 1 unspecified atom stereocenters. The minimum atomic E-state index is -0.758. The van der Waals surface area contributed by atoms with E-state index >= 15 is 0 Å². The second-order valence-corrected chi connectivity index (χ2v) is 5.25. The molecule has 2 nitrogen and oxygen atoms in total. The van der Waals surface area contributed by atoms with E-state index in [1.54, 1.807) is 7.05 Å². The summed E-state index contributed by atoms with van der Waals surface area (Å²) in [6.07, 6.45) is 0. The van der Waals surface area contributed by atoms with Gasteiger partial charge in [-0.3, -0.25) is 0 Å². The molecular formula is C15H13BrF3NO. The summed E-state index contributed by atoms with van der Waals surface area (Å²) in [5.74, 6) is -1.80. The van der Waals surface area contributed by atoms with Gasteiger partial charge in [-0.15, -0.1) is 0 Å². The third-order valence-corrected chi connectivity index (χ3v) is 3.83. The number of hydrogen-bond donors (Lipinski definition) is 1. The fourth-order valence-corrected chi connectivity index (χ4v) is 2.73. The molecule has 2 rings (SSSR count). The lowest BCUT2D eigenvalue weighted by atomic mass is 9.97. The topological polar surface area (TPSA) is 21.3 Å². The van der Waals surface area contributed by atoms with Crippen LogP contribution in [0.15, 0.2) is 34.8 Å². The third kappa shape index (κ3) is 3.22. The van der Waals surface area contributed by atoms with Crippen molar-refractivity contribution in [2.45, 2.75) is 6.04 Å². The Morgan fingerprint density at radius 3 is 2.19 bits per heavy atom. The molecule has 0 fully saturated rings. The first kappa shape index (κ1) is 15.9. The summed E-state index contributed by atoms with van der Waals surface area (Å²) >= 11 is 3.21. The SMILES string of the molecule is CNC(c1ccc(F)cc1Br)c1c(F)cc(OC)cc1F. The summed E-state index contributed by atoms with van der Waals surface area (Å²) in [4.78, 5) is 0. The van der Waals surface area contributed by atoms with Gasteiger partial charge in [-0.25, -0.2) is 13.2 Å². The maximum Gasteiger partial charge on any atom is 0.134 e. The van der Waals surface area contributed by atoms with Crippen LogP contribution in [0.2, 0.25) is 0 Å². The number of benzene rings is 2. The van der Waals surface area contributed by atoms with Gasteiger partial charge in [0.25, 0.3) is 0 Å². The standard InChI is InChI=1S/C15H13BrF3NO/c1-20-15(10-4-3-8(17)5-11(10)16)14-12(18)6-9(21-2)7-13(14)19/h3-7,15,20H,1-2H3. The van der Waals surface area contributed by atoms with Gasteiger partial charge in [0.15, 0.2) is 0 Å². The van der Waals surface area contributed by atoms with E-state index in [1.807, 2.05) is 0 Å². The third-order valence-electron chi connectivity index (χ3n) is 3.14. The van der Waals surface area contributed by atoms with E-state index in [-0.39, 0.29) is 11.3 Å². The Morgan fingerprint density at radius 1 is 1.10 bits per heavy atom. The van der Waals surface area contributed by atoms with Gasteiger partial charge >= 0.3 is 0 Å². The highest BCUT2D eigenvalue weighted by molar-refractivity contribution is 9.10. The molecule has 0 bridgehead atoms. The van der Waals surface area contributed by atoms with E-state index in [0.717, 1.165) is 12.1 Å². The van der Waals surface area contributed by atoms with E-state index in [0.29, 0.717) is 10.0 Å². The number of hydrogen-bond acceptors (Lipinski definition) is 2. The normalized spacial score (nSPS) is 12.3. The molecule has 0 aromatic heterocycles. The number of ether oxygens (including phenoxy) is 1. The second-order valence-electron chi connectivity index (χ2n) is 4.39.